The van der Waals surface area contributed by atoms with Crippen LogP contribution in [0, 0.1) is 6.92 Å². The highest BCUT2D eigenvalue weighted by molar-refractivity contribution is 5.97. The van der Waals surface area contributed by atoms with E-state index in [2.05, 4.69) is 57.6 Å². The molecule has 0 bridgehead atoms. The Hall–Kier alpha value is -3.94. The van der Waals surface area contributed by atoms with E-state index in [0.29, 0.717) is 17.3 Å². The largest absolute Gasteiger partial charge is 0.397 e. The van der Waals surface area contributed by atoms with E-state index in [-0.39, 0.29) is 18.0 Å². The number of nitrogens with two attached hydrogens (primary N) is 1. The summed E-state index contributed by atoms with van der Waals surface area (Å²) in [5, 5.41) is 7.83. The Morgan fingerprint density at radius 2 is 1.94 bits per heavy atom. The van der Waals surface area contributed by atoms with Crippen molar-refractivity contribution >= 4 is 28.4 Å². The van der Waals surface area contributed by atoms with Gasteiger partial charge in [-0.2, -0.15) is 0 Å². The number of benzene rings is 1. The lowest BCUT2D eigenvalue weighted by atomic mass is 9.91. The highest BCUT2D eigenvalue weighted by Gasteiger charge is 2.25. The molecule has 1 aromatic carbocycles. The SMILES string of the molecule is CCc1cnc(N[C@@H]2CCC[C@H](NC(=O)c3ccc(N)cn3)C2)nc1-c1c(C)[nH]c2ccccc12. The van der Waals surface area contributed by atoms with Crippen LogP contribution >= 0.6 is 0 Å². The predicted molar refractivity (Wildman–Crippen MR) is 139 cm³/mol. The van der Waals surface area contributed by atoms with E-state index in [4.69, 9.17) is 10.7 Å². The lowest BCUT2D eigenvalue weighted by Crippen LogP contribution is -2.42. The number of para-hydroxylation sites is 1. The van der Waals surface area contributed by atoms with Crippen molar-refractivity contribution in [3.63, 3.8) is 0 Å². The van der Waals surface area contributed by atoms with Gasteiger partial charge >= 0.3 is 0 Å². The predicted octanol–water partition coefficient (Wildman–Crippen LogP) is 4.63. The second-order valence-corrected chi connectivity index (χ2v) is 9.25. The van der Waals surface area contributed by atoms with Crippen LogP contribution in [-0.2, 0) is 6.42 Å². The van der Waals surface area contributed by atoms with Crippen LogP contribution in [0.1, 0.15) is 54.4 Å². The van der Waals surface area contributed by atoms with Gasteiger partial charge in [0.05, 0.1) is 17.6 Å². The molecule has 4 aromatic rings. The maximum absolute atomic E-state index is 12.6. The number of hydrogen-bond donors (Lipinski definition) is 4. The zero-order valence-electron chi connectivity index (χ0n) is 20.1. The molecule has 0 radical (unpaired) electrons. The molecule has 5 N–H and O–H groups in total. The third-order valence-corrected chi connectivity index (χ3v) is 6.74. The van der Waals surface area contributed by atoms with E-state index >= 15 is 0 Å². The standard InChI is InChI=1S/C27H31N7O/c1-3-17-14-30-27(34-25(17)24-16(2)31-22-10-5-4-9-21(22)24)33-20-8-6-7-19(13-20)32-26(35)23-12-11-18(28)15-29-23/h4-5,9-12,14-15,19-20,31H,3,6-8,13,28H2,1-2H3,(H,32,35)(H,30,33,34)/t19-,20+/m0/s1. The van der Waals surface area contributed by atoms with Gasteiger partial charge in [0.1, 0.15) is 5.69 Å². The summed E-state index contributed by atoms with van der Waals surface area (Å²) in [7, 11) is 0. The molecule has 180 valence electrons. The molecule has 1 fully saturated rings. The van der Waals surface area contributed by atoms with Crippen molar-refractivity contribution in [2.75, 3.05) is 11.1 Å². The summed E-state index contributed by atoms with van der Waals surface area (Å²) in [5.41, 5.74) is 12.0. The fourth-order valence-corrected chi connectivity index (χ4v) is 4.97. The highest BCUT2D eigenvalue weighted by atomic mass is 16.1. The van der Waals surface area contributed by atoms with Gasteiger partial charge in [0.15, 0.2) is 0 Å². The van der Waals surface area contributed by atoms with Gasteiger partial charge in [-0.15, -0.1) is 0 Å². The summed E-state index contributed by atoms with van der Waals surface area (Å²) in [5.74, 6) is 0.454. The fraction of sp³-hybridized carbons (Fsp3) is 0.333. The number of nitrogen functional groups attached to an aromatic ring is 1. The van der Waals surface area contributed by atoms with Crippen LogP contribution in [0.25, 0.3) is 22.2 Å². The molecule has 1 amide bonds. The Balaban J connectivity index is 1.33. The number of rotatable bonds is 6. The Morgan fingerprint density at radius 1 is 1.11 bits per heavy atom. The molecule has 0 aliphatic heterocycles. The molecule has 1 aliphatic rings. The number of anilines is 2. The number of pyridine rings is 1. The Labute approximate surface area is 204 Å². The molecule has 0 unspecified atom stereocenters. The van der Waals surface area contributed by atoms with Gasteiger partial charge in [0.25, 0.3) is 5.91 Å². The molecule has 2 atom stereocenters. The monoisotopic (exact) mass is 469 g/mol. The van der Waals surface area contributed by atoms with E-state index in [1.807, 2.05) is 12.3 Å². The van der Waals surface area contributed by atoms with E-state index in [1.165, 1.54) is 11.6 Å². The van der Waals surface area contributed by atoms with Crippen molar-refractivity contribution in [1.82, 2.24) is 25.3 Å². The van der Waals surface area contributed by atoms with Crippen LogP contribution in [0.3, 0.4) is 0 Å². The average molecular weight is 470 g/mol. The van der Waals surface area contributed by atoms with Crippen LogP contribution in [0.2, 0.25) is 0 Å². The van der Waals surface area contributed by atoms with E-state index in [9.17, 15) is 4.79 Å². The van der Waals surface area contributed by atoms with Crippen molar-refractivity contribution in [2.24, 2.45) is 0 Å². The van der Waals surface area contributed by atoms with Crippen LogP contribution in [-0.4, -0.2) is 37.9 Å². The van der Waals surface area contributed by atoms with Gasteiger partial charge in [-0.05, 0) is 62.8 Å². The van der Waals surface area contributed by atoms with Gasteiger partial charge in [-0.1, -0.05) is 25.1 Å². The average Bonchev–Trinajstić information content (AvgIpc) is 3.20. The summed E-state index contributed by atoms with van der Waals surface area (Å²) in [6.07, 6.45) is 8.05. The molecule has 8 nitrogen and oxygen atoms in total. The number of nitrogens with one attached hydrogen (secondary N) is 3. The molecule has 0 spiro atoms. The molecule has 3 heterocycles. The minimum absolute atomic E-state index is 0.0679. The number of fused-ring (bicyclic) bond motifs is 1. The summed E-state index contributed by atoms with van der Waals surface area (Å²) in [6, 6.07) is 11.9. The zero-order chi connectivity index (χ0) is 24.4. The molecule has 1 saturated carbocycles. The minimum atomic E-state index is -0.170. The van der Waals surface area contributed by atoms with Crippen molar-refractivity contribution in [2.45, 2.75) is 58.0 Å². The van der Waals surface area contributed by atoms with E-state index in [1.54, 1.807) is 12.1 Å². The number of amides is 1. The van der Waals surface area contributed by atoms with Gasteiger partial charge < -0.3 is 21.4 Å². The number of aromatic nitrogens is 4. The Bertz CT molecular complexity index is 1350. The molecule has 1 aliphatic carbocycles. The Morgan fingerprint density at radius 3 is 2.74 bits per heavy atom. The van der Waals surface area contributed by atoms with Crippen molar-refractivity contribution in [3.05, 3.63) is 65.7 Å². The first-order valence-corrected chi connectivity index (χ1v) is 12.2. The topological polar surface area (TPSA) is 122 Å². The first kappa shape index (κ1) is 22.8. The molecule has 5 rings (SSSR count). The molecule has 0 saturated heterocycles. The second kappa shape index (κ2) is 9.74. The zero-order valence-corrected chi connectivity index (χ0v) is 20.1. The van der Waals surface area contributed by atoms with E-state index < -0.39 is 0 Å². The highest BCUT2D eigenvalue weighted by Crippen LogP contribution is 2.34. The number of aromatic amines is 1. The number of aryl methyl sites for hydroxylation is 2. The molecule has 3 aromatic heterocycles. The first-order valence-electron chi connectivity index (χ1n) is 12.2. The normalized spacial score (nSPS) is 17.9. The summed E-state index contributed by atoms with van der Waals surface area (Å²) in [4.78, 5) is 29.8. The van der Waals surface area contributed by atoms with Crippen LogP contribution in [0.5, 0.6) is 0 Å². The Kier molecular flexibility index (Phi) is 6.35. The number of nitrogens with zero attached hydrogens (tertiary/aromatic N) is 3. The molecule has 8 heteroatoms. The summed E-state index contributed by atoms with van der Waals surface area (Å²) in [6.45, 7) is 4.22. The molecule has 35 heavy (non-hydrogen) atoms. The number of carbonyl (C=O) groups is 1. The second-order valence-electron chi connectivity index (χ2n) is 9.25. The minimum Gasteiger partial charge on any atom is -0.397 e. The van der Waals surface area contributed by atoms with Crippen LogP contribution in [0.15, 0.2) is 48.8 Å². The van der Waals surface area contributed by atoms with Gasteiger partial charge in [0, 0.05) is 40.4 Å². The summed E-state index contributed by atoms with van der Waals surface area (Å²) >= 11 is 0. The van der Waals surface area contributed by atoms with Gasteiger partial charge in [-0.3, -0.25) is 4.79 Å². The molecular formula is C27H31N7O. The first-order chi connectivity index (χ1) is 17.0. The van der Waals surface area contributed by atoms with E-state index in [0.717, 1.165) is 60.1 Å². The van der Waals surface area contributed by atoms with Crippen molar-refractivity contribution in [3.8, 4) is 11.3 Å². The third kappa shape index (κ3) is 4.82. The van der Waals surface area contributed by atoms with Crippen molar-refractivity contribution < 1.29 is 4.79 Å². The van der Waals surface area contributed by atoms with Crippen LogP contribution < -0.4 is 16.4 Å². The summed E-state index contributed by atoms with van der Waals surface area (Å²) < 4.78 is 0. The smallest absolute Gasteiger partial charge is 0.270 e. The fourth-order valence-electron chi connectivity index (χ4n) is 4.97. The van der Waals surface area contributed by atoms with Crippen molar-refractivity contribution in [1.29, 1.82) is 0 Å². The molecular weight excluding hydrogens is 438 g/mol. The maximum atomic E-state index is 12.6. The quantitative estimate of drug-likeness (QED) is 0.327. The lowest BCUT2D eigenvalue weighted by Gasteiger charge is -2.30. The van der Waals surface area contributed by atoms with Gasteiger partial charge in [-0.25, -0.2) is 15.0 Å². The number of hydrogen-bond acceptors (Lipinski definition) is 6. The number of H-pyrrole nitrogens is 1. The van der Waals surface area contributed by atoms with Crippen LogP contribution in [0.4, 0.5) is 11.6 Å². The lowest BCUT2D eigenvalue weighted by molar-refractivity contribution is 0.0921. The maximum Gasteiger partial charge on any atom is 0.270 e. The third-order valence-electron chi connectivity index (χ3n) is 6.74. The van der Waals surface area contributed by atoms with Gasteiger partial charge in [0.2, 0.25) is 5.95 Å². The number of carbonyl (C=O) groups excluding carboxylic acids is 1.